The lowest BCUT2D eigenvalue weighted by molar-refractivity contribution is -0.149. The molecule has 2 aromatic carbocycles. The van der Waals surface area contributed by atoms with Crippen molar-refractivity contribution in [3.63, 3.8) is 0 Å². The number of likely N-dealkylation sites (tertiary alicyclic amines) is 1. The summed E-state index contributed by atoms with van der Waals surface area (Å²) in [6.45, 7) is 5.41. The van der Waals surface area contributed by atoms with Crippen LogP contribution < -0.4 is 10.2 Å². The maximum Gasteiger partial charge on any atom is 0.318 e. The molecule has 2 heterocycles. The number of carbonyl (C=O) groups excluding carboxylic acids is 3. The molecule has 4 rings (SSSR count). The van der Waals surface area contributed by atoms with Crippen molar-refractivity contribution in [3.05, 3.63) is 62.0 Å². The summed E-state index contributed by atoms with van der Waals surface area (Å²) >= 11 is 6.96. The molecule has 0 bridgehead atoms. The number of hydrogen-bond donors (Lipinski definition) is 1. The molecule has 0 saturated carbocycles. The number of piperidine rings is 2. The summed E-state index contributed by atoms with van der Waals surface area (Å²) in [5, 5.41) is 2.97. The molecule has 0 radical (unpaired) electrons. The molecule has 2 saturated heterocycles. The van der Waals surface area contributed by atoms with Crippen LogP contribution in [0.1, 0.15) is 42.4 Å². The third kappa shape index (κ3) is 5.18. The van der Waals surface area contributed by atoms with E-state index in [2.05, 4.69) is 37.2 Å². The lowest BCUT2D eigenvalue weighted by atomic mass is 9.73. The normalized spacial score (nSPS) is 19.7. The van der Waals surface area contributed by atoms with Crippen LogP contribution >= 0.6 is 31.9 Å². The van der Waals surface area contributed by atoms with Crippen LogP contribution in [-0.2, 0) is 19.7 Å². The maximum absolute atomic E-state index is 13.4. The van der Waals surface area contributed by atoms with Gasteiger partial charge in [0.15, 0.2) is 0 Å². The van der Waals surface area contributed by atoms with Gasteiger partial charge in [0.1, 0.15) is 6.04 Å². The van der Waals surface area contributed by atoms with Crippen LogP contribution in [0.4, 0.5) is 10.5 Å². The second kappa shape index (κ2) is 10.9. The average Bonchev–Trinajstić information content (AvgIpc) is 2.85. The number of methoxy groups -OCH3 is 1. The Morgan fingerprint density at radius 3 is 2.19 bits per heavy atom. The lowest BCUT2D eigenvalue weighted by Crippen LogP contribution is -2.57. The summed E-state index contributed by atoms with van der Waals surface area (Å²) in [6.07, 6.45) is 2.32. The molecular formula is C27H31Br2N3O4. The summed E-state index contributed by atoms with van der Waals surface area (Å²) < 4.78 is 7.08. The molecule has 2 aliphatic rings. The van der Waals surface area contributed by atoms with E-state index >= 15 is 0 Å². The summed E-state index contributed by atoms with van der Waals surface area (Å²) in [5.74, 6) is -0.373. The topological polar surface area (TPSA) is 79.0 Å². The SMILES string of the molecule is COC(=O)C1(c2ccc(Br)cc2)CCN(C(=O)NC2CCCN(c3c(C)cc(Br)cc3C)C2=O)CC1. The molecule has 1 atom stereocenters. The Kier molecular flexibility index (Phi) is 8.09. The first-order chi connectivity index (χ1) is 17.2. The smallest absolute Gasteiger partial charge is 0.318 e. The molecule has 192 valence electrons. The van der Waals surface area contributed by atoms with Crippen LogP contribution in [0.3, 0.4) is 0 Å². The first kappa shape index (κ1) is 26.7. The van der Waals surface area contributed by atoms with Crippen molar-refractivity contribution < 1.29 is 19.1 Å². The van der Waals surface area contributed by atoms with Crippen molar-refractivity contribution in [2.75, 3.05) is 31.6 Å². The zero-order valence-electron chi connectivity index (χ0n) is 20.8. The van der Waals surface area contributed by atoms with Crippen LogP contribution in [0.5, 0.6) is 0 Å². The molecule has 1 unspecified atom stereocenters. The number of nitrogens with zero attached hydrogens (tertiary/aromatic N) is 2. The van der Waals surface area contributed by atoms with Crippen LogP contribution in [0, 0.1) is 13.8 Å². The van der Waals surface area contributed by atoms with Crippen molar-refractivity contribution in [2.45, 2.75) is 51.0 Å². The molecule has 2 aromatic rings. The zero-order valence-corrected chi connectivity index (χ0v) is 23.9. The molecule has 3 amide bonds. The molecule has 36 heavy (non-hydrogen) atoms. The largest absolute Gasteiger partial charge is 0.468 e. The van der Waals surface area contributed by atoms with Gasteiger partial charge in [0.05, 0.1) is 12.5 Å². The molecular weight excluding hydrogens is 590 g/mol. The predicted molar refractivity (Wildman–Crippen MR) is 146 cm³/mol. The fourth-order valence-electron chi connectivity index (χ4n) is 5.47. The second-order valence-electron chi connectivity index (χ2n) is 9.59. The van der Waals surface area contributed by atoms with Crippen LogP contribution in [0.2, 0.25) is 0 Å². The van der Waals surface area contributed by atoms with Crippen LogP contribution in [0.15, 0.2) is 45.3 Å². The van der Waals surface area contributed by atoms with Gasteiger partial charge in [0, 0.05) is 34.3 Å². The third-order valence-electron chi connectivity index (χ3n) is 7.34. The minimum absolute atomic E-state index is 0.0844. The molecule has 9 heteroatoms. The van der Waals surface area contributed by atoms with Crippen molar-refractivity contribution in [2.24, 2.45) is 0 Å². The first-order valence-corrected chi connectivity index (χ1v) is 13.7. The van der Waals surface area contributed by atoms with Gasteiger partial charge >= 0.3 is 12.0 Å². The Hall–Kier alpha value is -2.39. The Bertz CT molecular complexity index is 1140. The molecule has 0 spiro atoms. The number of esters is 1. The highest BCUT2D eigenvalue weighted by molar-refractivity contribution is 9.10. The highest BCUT2D eigenvalue weighted by atomic mass is 79.9. The van der Waals surface area contributed by atoms with Gasteiger partial charge in [-0.1, -0.05) is 44.0 Å². The maximum atomic E-state index is 13.4. The Balaban J connectivity index is 1.45. The van der Waals surface area contributed by atoms with Crippen molar-refractivity contribution in [3.8, 4) is 0 Å². The van der Waals surface area contributed by atoms with Crippen molar-refractivity contribution >= 4 is 55.5 Å². The fourth-order valence-corrected chi connectivity index (χ4v) is 6.42. The summed E-state index contributed by atoms with van der Waals surface area (Å²) in [7, 11) is 1.40. The van der Waals surface area contributed by atoms with E-state index < -0.39 is 11.5 Å². The van der Waals surface area contributed by atoms with E-state index in [0.29, 0.717) is 38.9 Å². The number of benzene rings is 2. The van der Waals surface area contributed by atoms with Gasteiger partial charge in [-0.3, -0.25) is 9.59 Å². The number of anilines is 1. The average molecular weight is 621 g/mol. The fraction of sp³-hybridized carbons (Fsp3) is 0.444. The molecule has 0 aliphatic carbocycles. The number of nitrogens with one attached hydrogen (secondary N) is 1. The van der Waals surface area contributed by atoms with Gasteiger partial charge in [-0.25, -0.2) is 4.79 Å². The highest BCUT2D eigenvalue weighted by Gasteiger charge is 2.45. The first-order valence-electron chi connectivity index (χ1n) is 12.1. The van der Waals surface area contributed by atoms with E-state index in [-0.39, 0.29) is 17.9 Å². The van der Waals surface area contributed by atoms with E-state index in [9.17, 15) is 14.4 Å². The van der Waals surface area contributed by atoms with Gasteiger partial charge in [-0.15, -0.1) is 0 Å². The van der Waals surface area contributed by atoms with E-state index in [1.165, 1.54) is 7.11 Å². The summed E-state index contributed by atoms with van der Waals surface area (Å²) in [5.41, 5.74) is 3.05. The van der Waals surface area contributed by atoms with Crippen LogP contribution in [0.25, 0.3) is 0 Å². The monoisotopic (exact) mass is 619 g/mol. The molecule has 7 nitrogen and oxygen atoms in total. The summed E-state index contributed by atoms with van der Waals surface area (Å²) in [4.78, 5) is 42.9. The highest BCUT2D eigenvalue weighted by Crippen LogP contribution is 2.37. The number of hydrogen-bond acceptors (Lipinski definition) is 4. The Morgan fingerprint density at radius 2 is 1.61 bits per heavy atom. The number of urea groups is 1. The van der Waals surface area contributed by atoms with Gasteiger partial charge < -0.3 is 19.9 Å². The minimum atomic E-state index is -0.791. The lowest BCUT2D eigenvalue weighted by Gasteiger charge is -2.41. The van der Waals surface area contributed by atoms with Crippen molar-refractivity contribution in [1.82, 2.24) is 10.2 Å². The van der Waals surface area contributed by atoms with Gasteiger partial charge in [0.2, 0.25) is 5.91 Å². The Labute approximate surface area is 228 Å². The molecule has 2 aliphatic heterocycles. The molecule has 1 N–H and O–H groups in total. The number of carbonyl (C=O) groups is 3. The number of amides is 3. The summed E-state index contributed by atoms with van der Waals surface area (Å²) in [6, 6.07) is 10.8. The number of ether oxygens (including phenoxy) is 1. The minimum Gasteiger partial charge on any atom is -0.468 e. The zero-order chi connectivity index (χ0) is 26.0. The predicted octanol–water partition coefficient (Wildman–Crippen LogP) is 5.24. The van der Waals surface area contributed by atoms with Crippen LogP contribution in [-0.4, -0.2) is 55.6 Å². The Morgan fingerprint density at radius 1 is 1.00 bits per heavy atom. The molecule has 2 fully saturated rings. The van der Waals surface area contributed by atoms with Crippen molar-refractivity contribution in [1.29, 1.82) is 0 Å². The van der Waals surface area contributed by atoms with Gasteiger partial charge in [-0.2, -0.15) is 0 Å². The van der Waals surface area contributed by atoms with Gasteiger partial charge in [-0.05, 0) is 80.5 Å². The van der Waals surface area contributed by atoms with E-state index in [1.807, 2.05) is 50.2 Å². The van der Waals surface area contributed by atoms with Gasteiger partial charge in [0.25, 0.3) is 0 Å². The van der Waals surface area contributed by atoms with E-state index in [0.717, 1.165) is 37.7 Å². The van der Waals surface area contributed by atoms with E-state index in [1.54, 1.807) is 9.80 Å². The molecule has 0 aromatic heterocycles. The standard InChI is InChI=1S/C27H31Br2N3O4/c1-17-15-21(29)16-18(2)23(17)32-12-4-5-22(24(32)33)30-26(35)31-13-10-27(11-14-31,25(34)36-3)19-6-8-20(28)9-7-19/h6-9,15-16,22H,4-5,10-14H2,1-3H3,(H,30,35). The quantitative estimate of drug-likeness (QED) is 0.474. The number of aryl methyl sites for hydroxylation is 2. The third-order valence-corrected chi connectivity index (χ3v) is 8.33. The second-order valence-corrected chi connectivity index (χ2v) is 11.4. The number of rotatable bonds is 4. The van der Waals surface area contributed by atoms with E-state index in [4.69, 9.17) is 4.74 Å². The number of halogens is 2.